The number of ether oxygens (including phenoxy) is 3. The number of rotatable bonds is 10. The zero-order chi connectivity index (χ0) is 31.0. The standard InChI is InChI=1S/C34H37N7O4/c1-3-32(42)38-29-21-24(7-12-31(29)43-2)33-30(36-25-8-10-27(11-9-25)40-13-17-44-18-14-40)23-35-34(39-33)37-26-5-4-6-28(22-26)41-15-19-45-20-16-41/h3-12,21-23,36H,1,13-20H2,2H3,(H,38,42)(H,35,37,39). The summed E-state index contributed by atoms with van der Waals surface area (Å²) in [6.07, 6.45) is 2.98. The quantitative estimate of drug-likeness (QED) is 0.202. The van der Waals surface area contributed by atoms with Crippen molar-refractivity contribution in [1.29, 1.82) is 0 Å². The van der Waals surface area contributed by atoms with Crippen LogP contribution in [-0.2, 0) is 14.3 Å². The number of morpholine rings is 2. The molecule has 2 saturated heterocycles. The maximum absolute atomic E-state index is 12.2. The lowest BCUT2D eigenvalue weighted by Crippen LogP contribution is -2.36. The summed E-state index contributed by atoms with van der Waals surface area (Å²) in [4.78, 5) is 26.4. The van der Waals surface area contributed by atoms with E-state index >= 15 is 0 Å². The fraction of sp³-hybridized carbons (Fsp3) is 0.265. The molecule has 1 aromatic heterocycles. The van der Waals surface area contributed by atoms with Crippen molar-refractivity contribution < 1.29 is 19.0 Å². The van der Waals surface area contributed by atoms with Crippen LogP contribution in [0.5, 0.6) is 5.75 Å². The highest BCUT2D eigenvalue weighted by Crippen LogP contribution is 2.35. The molecular weight excluding hydrogens is 570 g/mol. The van der Waals surface area contributed by atoms with Gasteiger partial charge in [-0.3, -0.25) is 4.79 Å². The van der Waals surface area contributed by atoms with Crippen LogP contribution in [0.1, 0.15) is 0 Å². The molecule has 0 atom stereocenters. The molecule has 232 valence electrons. The predicted molar refractivity (Wildman–Crippen MR) is 178 cm³/mol. The molecule has 3 aromatic carbocycles. The Labute approximate surface area is 262 Å². The van der Waals surface area contributed by atoms with E-state index in [-0.39, 0.29) is 5.91 Å². The molecule has 1 amide bonds. The minimum absolute atomic E-state index is 0.339. The number of hydrogen-bond acceptors (Lipinski definition) is 10. The van der Waals surface area contributed by atoms with E-state index in [2.05, 4.69) is 61.6 Å². The first-order valence-corrected chi connectivity index (χ1v) is 15.0. The number of carbonyl (C=O) groups is 1. The van der Waals surface area contributed by atoms with Gasteiger partial charge in [-0.1, -0.05) is 12.6 Å². The Bertz CT molecular complexity index is 1630. The molecule has 2 fully saturated rings. The molecule has 11 heteroatoms. The third-order valence-corrected chi connectivity index (χ3v) is 7.71. The minimum atomic E-state index is -0.339. The lowest BCUT2D eigenvalue weighted by atomic mass is 10.1. The zero-order valence-corrected chi connectivity index (χ0v) is 25.3. The lowest BCUT2D eigenvalue weighted by molar-refractivity contribution is -0.111. The van der Waals surface area contributed by atoms with Gasteiger partial charge in [0, 0.05) is 54.5 Å². The van der Waals surface area contributed by atoms with Crippen LogP contribution in [0.15, 0.2) is 85.6 Å². The van der Waals surface area contributed by atoms with Crippen LogP contribution in [0, 0.1) is 0 Å². The number of carbonyl (C=O) groups excluding carboxylic acids is 1. The van der Waals surface area contributed by atoms with Crippen molar-refractivity contribution in [1.82, 2.24) is 9.97 Å². The van der Waals surface area contributed by atoms with Crippen molar-refractivity contribution in [2.75, 3.05) is 85.5 Å². The van der Waals surface area contributed by atoms with E-state index in [1.807, 2.05) is 36.4 Å². The molecule has 45 heavy (non-hydrogen) atoms. The molecule has 11 nitrogen and oxygen atoms in total. The predicted octanol–water partition coefficient (Wildman–Crippen LogP) is 5.44. The van der Waals surface area contributed by atoms with Crippen molar-refractivity contribution in [3.8, 4) is 17.0 Å². The summed E-state index contributed by atoms with van der Waals surface area (Å²) in [6.45, 7) is 9.90. The van der Waals surface area contributed by atoms with Gasteiger partial charge in [0.25, 0.3) is 0 Å². The summed E-state index contributed by atoms with van der Waals surface area (Å²) in [5.74, 6) is 0.619. The average Bonchev–Trinajstić information content (AvgIpc) is 3.10. The van der Waals surface area contributed by atoms with Gasteiger partial charge in [-0.05, 0) is 66.7 Å². The fourth-order valence-electron chi connectivity index (χ4n) is 5.35. The van der Waals surface area contributed by atoms with Crippen molar-refractivity contribution in [3.05, 3.63) is 85.6 Å². The van der Waals surface area contributed by atoms with Gasteiger partial charge >= 0.3 is 0 Å². The normalized spacial score (nSPS) is 14.9. The molecule has 0 aliphatic carbocycles. The topological polar surface area (TPSA) is 113 Å². The van der Waals surface area contributed by atoms with E-state index in [0.717, 1.165) is 67.7 Å². The monoisotopic (exact) mass is 607 g/mol. The summed E-state index contributed by atoms with van der Waals surface area (Å²) in [6, 6.07) is 22.0. The van der Waals surface area contributed by atoms with Gasteiger partial charge in [0.05, 0.1) is 56.8 Å². The van der Waals surface area contributed by atoms with Crippen molar-refractivity contribution >= 4 is 46.0 Å². The Kier molecular flexibility index (Phi) is 9.38. The second-order valence-electron chi connectivity index (χ2n) is 10.6. The van der Waals surface area contributed by atoms with Gasteiger partial charge in [-0.15, -0.1) is 0 Å². The van der Waals surface area contributed by atoms with Crippen LogP contribution in [0.2, 0.25) is 0 Å². The largest absolute Gasteiger partial charge is 0.495 e. The number of nitrogens with zero attached hydrogens (tertiary/aromatic N) is 4. The molecule has 3 heterocycles. The first kappa shape index (κ1) is 29.9. The minimum Gasteiger partial charge on any atom is -0.495 e. The van der Waals surface area contributed by atoms with Crippen molar-refractivity contribution in [3.63, 3.8) is 0 Å². The summed E-state index contributed by atoms with van der Waals surface area (Å²) in [5.41, 5.74) is 6.64. The number of nitrogens with one attached hydrogen (secondary N) is 3. The molecule has 2 aliphatic heterocycles. The van der Waals surface area contributed by atoms with Crippen molar-refractivity contribution in [2.24, 2.45) is 0 Å². The van der Waals surface area contributed by atoms with E-state index < -0.39 is 0 Å². The highest BCUT2D eigenvalue weighted by atomic mass is 16.5. The Balaban J connectivity index is 1.32. The van der Waals surface area contributed by atoms with Crippen LogP contribution in [-0.4, -0.2) is 75.6 Å². The Hall–Kier alpha value is -5.13. The molecule has 0 radical (unpaired) electrons. The summed E-state index contributed by atoms with van der Waals surface area (Å²) >= 11 is 0. The molecule has 0 saturated carbocycles. The molecular formula is C34H37N7O4. The highest BCUT2D eigenvalue weighted by molar-refractivity contribution is 6.00. The van der Waals surface area contributed by atoms with E-state index in [1.165, 1.54) is 6.08 Å². The highest BCUT2D eigenvalue weighted by Gasteiger charge is 2.17. The van der Waals surface area contributed by atoms with Gasteiger partial charge in [-0.2, -0.15) is 0 Å². The Morgan fingerprint density at radius 1 is 0.844 bits per heavy atom. The number of methoxy groups -OCH3 is 1. The van der Waals surface area contributed by atoms with E-state index in [0.29, 0.717) is 42.0 Å². The summed E-state index contributed by atoms with van der Waals surface area (Å²) < 4.78 is 16.5. The Morgan fingerprint density at radius 3 is 2.24 bits per heavy atom. The third kappa shape index (κ3) is 7.34. The number of aromatic nitrogens is 2. The molecule has 2 aliphatic rings. The number of hydrogen-bond donors (Lipinski definition) is 3. The van der Waals surface area contributed by atoms with Gasteiger partial charge in [0.2, 0.25) is 11.9 Å². The molecule has 6 rings (SSSR count). The van der Waals surface area contributed by atoms with Gasteiger partial charge in [0.1, 0.15) is 5.75 Å². The second kappa shape index (κ2) is 14.1. The lowest BCUT2D eigenvalue weighted by Gasteiger charge is -2.29. The fourth-order valence-corrected chi connectivity index (χ4v) is 5.35. The SMILES string of the molecule is C=CC(=O)Nc1cc(-c2nc(Nc3cccc(N4CCOCC4)c3)ncc2Nc2ccc(N3CCOCC3)cc2)ccc1OC. The molecule has 0 unspecified atom stereocenters. The maximum atomic E-state index is 12.2. The third-order valence-electron chi connectivity index (χ3n) is 7.71. The van der Waals surface area contributed by atoms with E-state index in [1.54, 1.807) is 19.4 Å². The van der Waals surface area contributed by atoms with Gasteiger partial charge in [-0.25, -0.2) is 9.97 Å². The van der Waals surface area contributed by atoms with Crippen LogP contribution in [0.25, 0.3) is 11.3 Å². The maximum Gasteiger partial charge on any atom is 0.247 e. The molecule has 3 N–H and O–H groups in total. The number of amides is 1. The Morgan fingerprint density at radius 2 is 1.56 bits per heavy atom. The van der Waals surface area contributed by atoms with Gasteiger partial charge < -0.3 is 40.0 Å². The molecule has 0 bridgehead atoms. The van der Waals surface area contributed by atoms with Crippen LogP contribution < -0.4 is 30.5 Å². The van der Waals surface area contributed by atoms with E-state index in [9.17, 15) is 4.79 Å². The molecule has 4 aromatic rings. The van der Waals surface area contributed by atoms with Crippen LogP contribution in [0.3, 0.4) is 0 Å². The average molecular weight is 608 g/mol. The van der Waals surface area contributed by atoms with Crippen molar-refractivity contribution in [2.45, 2.75) is 0 Å². The second-order valence-corrected chi connectivity index (χ2v) is 10.6. The summed E-state index contributed by atoms with van der Waals surface area (Å²) in [5, 5.41) is 9.70. The van der Waals surface area contributed by atoms with Crippen LogP contribution in [0.4, 0.5) is 40.1 Å². The number of anilines is 7. The van der Waals surface area contributed by atoms with Crippen LogP contribution >= 0.6 is 0 Å². The smallest absolute Gasteiger partial charge is 0.247 e. The first-order valence-electron chi connectivity index (χ1n) is 15.0. The molecule has 0 spiro atoms. The first-order chi connectivity index (χ1) is 22.1. The zero-order valence-electron chi connectivity index (χ0n) is 25.3. The summed E-state index contributed by atoms with van der Waals surface area (Å²) in [7, 11) is 1.56. The van der Waals surface area contributed by atoms with Gasteiger partial charge in [0.15, 0.2) is 0 Å². The van der Waals surface area contributed by atoms with E-state index in [4.69, 9.17) is 19.2 Å². The number of benzene rings is 3.